The summed E-state index contributed by atoms with van der Waals surface area (Å²) in [6.07, 6.45) is 3.41. The summed E-state index contributed by atoms with van der Waals surface area (Å²) in [4.78, 5) is 0. The van der Waals surface area contributed by atoms with Crippen molar-refractivity contribution in [1.82, 2.24) is 0 Å². The maximum atomic E-state index is 9.55. The molecule has 3 N–H and O–H groups in total. The van der Waals surface area contributed by atoms with Crippen LogP contribution in [0.1, 0.15) is 11.1 Å². The van der Waals surface area contributed by atoms with Crippen LogP contribution in [-0.2, 0) is 0 Å². The zero-order valence-corrected chi connectivity index (χ0v) is 9.04. The second-order valence-corrected chi connectivity index (χ2v) is 3.67. The Kier molecular flexibility index (Phi) is 3.01. The van der Waals surface area contributed by atoms with Crippen LogP contribution in [0.4, 0.5) is 0 Å². The molecule has 2 rings (SSSR count). The van der Waals surface area contributed by atoms with Gasteiger partial charge in [0.15, 0.2) is 0 Å². The van der Waals surface area contributed by atoms with Gasteiger partial charge in [0, 0.05) is 11.6 Å². The van der Waals surface area contributed by atoms with E-state index in [1.165, 1.54) is 18.2 Å². The highest BCUT2D eigenvalue weighted by Crippen LogP contribution is 2.23. The zero-order valence-electron chi connectivity index (χ0n) is 9.04. The average molecular weight is 228 g/mol. The van der Waals surface area contributed by atoms with Crippen LogP contribution >= 0.6 is 0 Å². The van der Waals surface area contributed by atoms with Gasteiger partial charge in [-0.2, -0.15) is 0 Å². The number of para-hydroxylation sites is 1. The SMILES string of the molecule is Oc1cc(O)cc(/C=C/c2ccccc2O)c1. The van der Waals surface area contributed by atoms with E-state index in [1.807, 2.05) is 6.07 Å². The number of hydrogen-bond donors (Lipinski definition) is 3. The van der Waals surface area contributed by atoms with E-state index in [2.05, 4.69) is 0 Å². The smallest absolute Gasteiger partial charge is 0.122 e. The van der Waals surface area contributed by atoms with Gasteiger partial charge >= 0.3 is 0 Å². The van der Waals surface area contributed by atoms with E-state index in [-0.39, 0.29) is 17.2 Å². The van der Waals surface area contributed by atoms with Crippen LogP contribution in [0.2, 0.25) is 0 Å². The Morgan fingerprint density at radius 3 is 2.06 bits per heavy atom. The van der Waals surface area contributed by atoms with Crippen LogP contribution in [0.5, 0.6) is 17.2 Å². The molecule has 0 aliphatic carbocycles. The van der Waals surface area contributed by atoms with E-state index in [4.69, 9.17) is 0 Å². The van der Waals surface area contributed by atoms with Crippen molar-refractivity contribution in [2.45, 2.75) is 0 Å². The van der Waals surface area contributed by atoms with Gasteiger partial charge in [0.2, 0.25) is 0 Å². The lowest BCUT2D eigenvalue weighted by molar-refractivity contribution is 0.450. The third kappa shape index (κ3) is 2.78. The summed E-state index contributed by atoms with van der Waals surface area (Å²) in [5.41, 5.74) is 1.33. The van der Waals surface area contributed by atoms with Crippen LogP contribution in [0.15, 0.2) is 42.5 Å². The lowest BCUT2D eigenvalue weighted by Crippen LogP contribution is -1.75. The monoisotopic (exact) mass is 228 g/mol. The first-order chi connectivity index (χ1) is 8.15. The summed E-state index contributed by atoms with van der Waals surface area (Å²) in [5.74, 6) is 0.192. The highest BCUT2D eigenvalue weighted by atomic mass is 16.3. The van der Waals surface area contributed by atoms with Crippen LogP contribution in [0.3, 0.4) is 0 Å². The van der Waals surface area contributed by atoms with Crippen molar-refractivity contribution in [2.75, 3.05) is 0 Å². The fourth-order valence-corrected chi connectivity index (χ4v) is 1.53. The highest BCUT2D eigenvalue weighted by molar-refractivity contribution is 5.73. The number of rotatable bonds is 2. The van der Waals surface area contributed by atoms with Gasteiger partial charge in [-0.1, -0.05) is 30.4 Å². The Morgan fingerprint density at radius 2 is 1.41 bits per heavy atom. The lowest BCUT2D eigenvalue weighted by atomic mass is 10.1. The first-order valence-corrected chi connectivity index (χ1v) is 5.14. The molecule has 0 atom stereocenters. The number of benzene rings is 2. The van der Waals surface area contributed by atoms with E-state index in [9.17, 15) is 15.3 Å². The van der Waals surface area contributed by atoms with Crippen LogP contribution in [0.25, 0.3) is 12.2 Å². The fourth-order valence-electron chi connectivity index (χ4n) is 1.53. The highest BCUT2D eigenvalue weighted by Gasteiger charge is 1.97. The van der Waals surface area contributed by atoms with Crippen LogP contribution in [0, 0.1) is 0 Å². The average Bonchev–Trinajstić information content (AvgIpc) is 2.27. The molecule has 17 heavy (non-hydrogen) atoms. The van der Waals surface area contributed by atoms with E-state index in [1.54, 1.807) is 30.4 Å². The summed E-state index contributed by atoms with van der Waals surface area (Å²) in [5, 5.41) is 28.2. The second kappa shape index (κ2) is 4.61. The molecule has 0 heterocycles. The maximum Gasteiger partial charge on any atom is 0.122 e. The molecular formula is C14H12O3. The van der Waals surface area contributed by atoms with Crippen molar-refractivity contribution in [3.63, 3.8) is 0 Å². The Hall–Kier alpha value is -2.42. The normalized spacial score (nSPS) is 10.8. The molecule has 2 aromatic rings. The van der Waals surface area contributed by atoms with Crippen LogP contribution < -0.4 is 0 Å². The van der Waals surface area contributed by atoms with Gasteiger partial charge in [-0.15, -0.1) is 0 Å². The minimum Gasteiger partial charge on any atom is -0.508 e. The Balaban J connectivity index is 2.29. The molecular weight excluding hydrogens is 216 g/mol. The van der Waals surface area contributed by atoms with Crippen molar-refractivity contribution in [3.8, 4) is 17.2 Å². The molecule has 0 unspecified atom stereocenters. The summed E-state index contributed by atoms with van der Waals surface area (Å²) < 4.78 is 0. The van der Waals surface area contributed by atoms with Gasteiger partial charge in [0.1, 0.15) is 17.2 Å². The van der Waals surface area contributed by atoms with Crippen molar-refractivity contribution in [2.24, 2.45) is 0 Å². The molecule has 0 bridgehead atoms. The van der Waals surface area contributed by atoms with E-state index in [0.29, 0.717) is 11.1 Å². The molecule has 0 spiro atoms. The second-order valence-electron chi connectivity index (χ2n) is 3.67. The Labute approximate surface area is 98.9 Å². The molecule has 86 valence electrons. The minimum atomic E-state index is 0.00179. The first-order valence-electron chi connectivity index (χ1n) is 5.14. The van der Waals surface area contributed by atoms with Gasteiger partial charge in [-0.25, -0.2) is 0 Å². The van der Waals surface area contributed by atoms with Gasteiger partial charge < -0.3 is 15.3 Å². The van der Waals surface area contributed by atoms with Gasteiger partial charge in [0.05, 0.1) is 0 Å². The standard InChI is InChI=1S/C14H12O3/c15-12-7-10(8-13(16)9-12)5-6-11-3-1-2-4-14(11)17/h1-9,15-17H/b6-5+. The Bertz CT molecular complexity index is 539. The third-order valence-electron chi connectivity index (χ3n) is 2.32. The van der Waals surface area contributed by atoms with Gasteiger partial charge in [0.25, 0.3) is 0 Å². The van der Waals surface area contributed by atoms with Crippen LogP contribution in [-0.4, -0.2) is 15.3 Å². The minimum absolute atomic E-state index is 0.00179. The quantitative estimate of drug-likeness (QED) is 0.692. The molecule has 3 heteroatoms. The summed E-state index contributed by atoms with van der Waals surface area (Å²) >= 11 is 0. The molecule has 0 aromatic heterocycles. The van der Waals surface area contributed by atoms with E-state index < -0.39 is 0 Å². The molecule has 0 aliphatic rings. The topological polar surface area (TPSA) is 60.7 Å². The molecule has 0 amide bonds. The van der Waals surface area contributed by atoms with Crippen molar-refractivity contribution < 1.29 is 15.3 Å². The fraction of sp³-hybridized carbons (Fsp3) is 0. The van der Waals surface area contributed by atoms with Crippen molar-refractivity contribution >= 4 is 12.2 Å². The van der Waals surface area contributed by atoms with E-state index in [0.717, 1.165) is 0 Å². The van der Waals surface area contributed by atoms with Gasteiger partial charge in [-0.3, -0.25) is 0 Å². The molecule has 0 saturated carbocycles. The summed E-state index contributed by atoms with van der Waals surface area (Å²) in [6.45, 7) is 0. The number of hydrogen-bond acceptors (Lipinski definition) is 3. The van der Waals surface area contributed by atoms with Gasteiger partial charge in [-0.05, 0) is 23.8 Å². The Morgan fingerprint density at radius 1 is 0.765 bits per heavy atom. The predicted octanol–water partition coefficient (Wildman–Crippen LogP) is 2.97. The number of phenols is 3. The largest absolute Gasteiger partial charge is 0.508 e. The van der Waals surface area contributed by atoms with E-state index >= 15 is 0 Å². The molecule has 0 saturated heterocycles. The molecule has 3 nitrogen and oxygen atoms in total. The molecule has 2 aromatic carbocycles. The number of phenolic OH excluding ortho intramolecular Hbond substituents is 3. The zero-order chi connectivity index (χ0) is 12.3. The third-order valence-corrected chi connectivity index (χ3v) is 2.32. The first kappa shape index (κ1) is 11.1. The number of aromatic hydroxyl groups is 3. The lowest BCUT2D eigenvalue weighted by Gasteiger charge is -1.99. The van der Waals surface area contributed by atoms with Crippen molar-refractivity contribution in [3.05, 3.63) is 53.6 Å². The summed E-state index contributed by atoms with van der Waals surface area (Å²) in [7, 11) is 0. The predicted molar refractivity (Wildman–Crippen MR) is 66.8 cm³/mol. The van der Waals surface area contributed by atoms with Crippen molar-refractivity contribution in [1.29, 1.82) is 0 Å². The maximum absolute atomic E-state index is 9.55. The summed E-state index contributed by atoms with van der Waals surface area (Å²) in [6, 6.07) is 11.2. The molecule has 0 aliphatic heterocycles. The molecule has 0 fully saturated rings. The molecule has 0 radical (unpaired) electrons.